The number of anilines is 2. The van der Waals surface area contributed by atoms with Gasteiger partial charge in [-0.1, -0.05) is 56.3 Å². The largest absolute Gasteiger partial charge is 0.493 e. The second kappa shape index (κ2) is 12.4. The van der Waals surface area contributed by atoms with Crippen molar-refractivity contribution >= 4 is 17.3 Å². The normalized spacial score (nSPS) is 10.6. The van der Waals surface area contributed by atoms with Gasteiger partial charge in [0.05, 0.1) is 25.4 Å². The first-order valence-electron chi connectivity index (χ1n) is 11.1. The fourth-order valence-electron chi connectivity index (χ4n) is 3.12. The van der Waals surface area contributed by atoms with Gasteiger partial charge in [0.15, 0.2) is 0 Å². The predicted octanol–water partition coefficient (Wildman–Crippen LogP) is 5.78. The molecular formula is C27H32N2O3. The van der Waals surface area contributed by atoms with Crippen molar-refractivity contribution < 1.29 is 14.3 Å². The van der Waals surface area contributed by atoms with Crippen LogP contribution in [0, 0.1) is 5.92 Å². The van der Waals surface area contributed by atoms with Crippen molar-refractivity contribution in [3.63, 3.8) is 0 Å². The lowest BCUT2D eigenvalue weighted by Crippen LogP contribution is -2.22. The molecule has 0 aliphatic carbocycles. The molecule has 3 aromatic carbocycles. The minimum Gasteiger partial charge on any atom is -0.493 e. The average Bonchev–Trinajstić information content (AvgIpc) is 2.81. The van der Waals surface area contributed by atoms with Gasteiger partial charge in [-0.3, -0.25) is 4.79 Å². The Balaban J connectivity index is 1.43. The van der Waals surface area contributed by atoms with E-state index in [4.69, 9.17) is 9.47 Å². The smallest absolute Gasteiger partial charge is 0.243 e. The molecule has 0 heterocycles. The lowest BCUT2D eigenvalue weighted by molar-refractivity contribution is -0.114. The van der Waals surface area contributed by atoms with E-state index in [9.17, 15) is 4.79 Å². The Morgan fingerprint density at radius 2 is 1.59 bits per heavy atom. The Hall–Kier alpha value is -3.47. The summed E-state index contributed by atoms with van der Waals surface area (Å²) >= 11 is 0. The van der Waals surface area contributed by atoms with Crippen LogP contribution in [0.25, 0.3) is 0 Å². The number of hydrogen-bond acceptors (Lipinski definition) is 4. The number of aryl methyl sites for hydroxylation is 1. The Kier molecular flexibility index (Phi) is 8.99. The summed E-state index contributed by atoms with van der Waals surface area (Å²) in [5.41, 5.74) is 2.85. The van der Waals surface area contributed by atoms with Gasteiger partial charge in [-0.05, 0) is 60.7 Å². The topological polar surface area (TPSA) is 59.6 Å². The molecule has 0 spiro atoms. The van der Waals surface area contributed by atoms with Crippen molar-refractivity contribution in [3.8, 4) is 11.5 Å². The van der Waals surface area contributed by atoms with Crippen LogP contribution >= 0.6 is 0 Å². The molecule has 0 saturated heterocycles. The number of nitrogens with one attached hydrogen (secondary N) is 2. The summed E-state index contributed by atoms with van der Waals surface area (Å²) in [6.45, 7) is 5.65. The minimum absolute atomic E-state index is 0.125. The van der Waals surface area contributed by atoms with Crippen molar-refractivity contribution in [1.29, 1.82) is 0 Å². The van der Waals surface area contributed by atoms with E-state index in [0.29, 0.717) is 19.1 Å². The highest BCUT2D eigenvalue weighted by molar-refractivity contribution is 5.94. The van der Waals surface area contributed by atoms with E-state index in [0.717, 1.165) is 35.7 Å². The maximum Gasteiger partial charge on any atom is 0.243 e. The number of amides is 1. The molecule has 0 radical (unpaired) electrons. The highest BCUT2D eigenvalue weighted by Crippen LogP contribution is 2.24. The minimum atomic E-state index is -0.125. The van der Waals surface area contributed by atoms with Crippen LogP contribution in [0.1, 0.15) is 25.8 Å². The summed E-state index contributed by atoms with van der Waals surface area (Å²) in [6.07, 6.45) is 1.90. The molecule has 0 unspecified atom stereocenters. The maximum absolute atomic E-state index is 12.4. The Morgan fingerprint density at radius 3 is 2.34 bits per heavy atom. The zero-order chi connectivity index (χ0) is 22.6. The number of carbonyl (C=O) groups is 1. The van der Waals surface area contributed by atoms with Gasteiger partial charge in [-0.15, -0.1) is 0 Å². The summed E-state index contributed by atoms with van der Waals surface area (Å²) in [5.74, 6) is 1.89. The summed E-state index contributed by atoms with van der Waals surface area (Å²) < 4.78 is 11.6. The van der Waals surface area contributed by atoms with E-state index in [2.05, 4.69) is 48.7 Å². The highest BCUT2D eigenvalue weighted by atomic mass is 16.5. The number of ether oxygens (including phenoxy) is 2. The quantitative estimate of drug-likeness (QED) is 0.356. The Labute approximate surface area is 190 Å². The van der Waals surface area contributed by atoms with Crippen LogP contribution in [0.3, 0.4) is 0 Å². The summed E-state index contributed by atoms with van der Waals surface area (Å²) in [4.78, 5) is 12.4. The summed E-state index contributed by atoms with van der Waals surface area (Å²) in [7, 11) is 0. The monoisotopic (exact) mass is 432 g/mol. The molecule has 0 atom stereocenters. The van der Waals surface area contributed by atoms with Crippen LogP contribution in [0.2, 0.25) is 0 Å². The van der Waals surface area contributed by atoms with Crippen molar-refractivity contribution in [2.45, 2.75) is 26.7 Å². The fraction of sp³-hybridized carbons (Fsp3) is 0.296. The first-order chi connectivity index (χ1) is 15.6. The number of hydrogen-bond donors (Lipinski definition) is 2. The lowest BCUT2D eigenvalue weighted by Gasteiger charge is -2.14. The zero-order valence-electron chi connectivity index (χ0n) is 18.8. The molecule has 32 heavy (non-hydrogen) atoms. The molecule has 1 amide bonds. The van der Waals surface area contributed by atoms with Crippen molar-refractivity contribution in [3.05, 3.63) is 84.4 Å². The molecule has 168 valence electrons. The van der Waals surface area contributed by atoms with Crippen LogP contribution in [0.15, 0.2) is 78.9 Å². The van der Waals surface area contributed by atoms with Gasteiger partial charge >= 0.3 is 0 Å². The molecule has 2 N–H and O–H groups in total. The van der Waals surface area contributed by atoms with E-state index < -0.39 is 0 Å². The van der Waals surface area contributed by atoms with E-state index in [1.54, 1.807) is 0 Å². The Bertz CT molecular complexity index is 956. The molecule has 0 aliphatic heterocycles. The van der Waals surface area contributed by atoms with E-state index in [1.807, 2.05) is 54.6 Å². The molecule has 5 heteroatoms. The van der Waals surface area contributed by atoms with E-state index in [1.165, 1.54) is 5.56 Å². The molecule has 0 aliphatic rings. The van der Waals surface area contributed by atoms with Gasteiger partial charge < -0.3 is 20.1 Å². The van der Waals surface area contributed by atoms with E-state index in [-0.39, 0.29) is 12.5 Å². The molecule has 0 fully saturated rings. The van der Waals surface area contributed by atoms with Crippen molar-refractivity contribution in [1.82, 2.24) is 0 Å². The SMILES string of the molecule is CC(C)COc1ccc(NC(=O)CNc2ccccc2OCCCc2ccccc2)cc1. The number of rotatable bonds is 12. The number of carbonyl (C=O) groups excluding carboxylic acids is 1. The van der Waals surface area contributed by atoms with Gasteiger partial charge in [0.25, 0.3) is 0 Å². The number of benzene rings is 3. The first kappa shape index (κ1) is 23.2. The third-order valence-electron chi connectivity index (χ3n) is 4.76. The number of para-hydroxylation sites is 2. The second-order valence-electron chi connectivity index (χ2n) is 8.06. The molecule has 3 aromatic rings. The van der Waals surface area contributed by atoms with Gasteiger partial charge in [0.1, 0.15) is 11.5 Å². The third-order valence-corrected chi connectivity index (χ3v) is 4.76. The molecular weight excluding hydrogens is 400 g/mol. The summed E-state index contributed by atoms with van der Waals surface area (Å²) in [5, 5.41) is 6.07. The van der Waals surface area contributed by atoms with Crippen LogP contribution in [0.4, 0.5) is 11.4 Å². The fourth-order valence-corrected chi connectivity index (χ4v) is 3.12. The van der Waals surface area contributed by atoms with Gasteiger partial charge in [0, 0.05) is 5.69 Å². The first-order valence-corrected chi connectivity index (χ1v) is 11.1. The van der Waals surface area contributed by atoms with Crippen LogP contribution < -0.4 is 20.1 Å². The molecule has 3 rings (SSSR count). The molecule has 0 bridgehead atoms. The van der Waals surface area contributed by atoms with Crippen molar-refractivity contribution in [2.24, 2.45) is 5.92 Å². The van der Waals surface area contributed by atoms with Crippen LogP contribution in [0.5, 0.6) is 11.5 Å². The van der Waals surface area contributed by atoms with Crippen molar-refractivity contribution in [2.75, 3.05) is 30.4 Å². The third kappa shape index (κ3) is 7.99. The maximum atomic E-state index is 12.4. The lowest BCUT2D eigenvalue weighted by atomic mass is 10.1. The highest BCUT2D eigenvalue weighted by Gasteiger charge is 2.07. The van der Waals surface area contributed by atoms with E-state index >= 15 is 0 Å². The Morgan fingerprint density at radius 1 is 0.875 bits per heavy atom. The van der Waals surface area contributed by atoms with Crippen LogP contribution in [-0.4, -0.2) is 25.7 Å². The second-order valence-corrected chi connectivity index (χ2v) is 8.06. The van der Waals surface area contributed by atoms with Crippen LogP contribution in [-0.2, 0) is 11.2 Å². The molecule has 5 nitrogen and oxygen atoms in total. The van der Waals surface area contributed by atoms with Gasteiger partial charge in [-0.2, -0.15) is 0 Å². The van der Waals surface area contributed by atoms with Gasteiger partial charge in [-0.25, -0.2) is 0 Å². The average molecular weight is 433 g/mol. The van der Waals surface area contributed by atoms with Gasteiger partial charge in [0.2, 0.25) is 5.91 Å². The summed E-state index contributed by atoms with van der Waals surface area (Å²) in [6, 6.07) is 25.5. The predicted molar refractivity (Wildman–Crippen MR) is 131 cm³/mol. The zero-order valence-corrected chi connectivity index (χ0v) is 18.8. The molecule has 0 aromatic heterocycles. The standard InChI is InChI=1S/C27H32N2O3/c1-21(2)20-32-24-16-14-23(15-17-24)29-27(30)19-28-25-12-6-7-13-26(25)31-18-8-11-22-9-4-3-5-10-22/h3-7,9-10,12-17,21,28H,8,11,18-20H2,1-2H3,(H,29,30). The molecule has 0 saturated carbocycles.